The van der Waals surface area contributed by atoms with Gasteiger partial charge in [0.2, 0.25) is 76.8 Å². The third-order valence-electron chi connectivity index (χ3n) is 18.2. The molecule has 1 saturated heterocycles. The minimum Gasteiger partial charge on any atom is -0.508 e. The van der Waals surface area contributed by atoms with Crippen LogP contribution in [0.1, 0.15) is 143 Å². The number of primary amides is 1. The molecule has 3 aromatic rings. The lowest BCUT2D eigenvalue weighted by atomic mass is 9.95. The number of phenolic OH excluding ortho intramolecular Hbond substituents is 1. The Kier molecular flexibility index (Phi) is 37.9. The van der Waals surface area contributed by atoms with Crippen LogP contribution in [0.3, 0.4) is 0 Å². The van der Waals surface area contributed by atoms with Gasteiger partial charge in [0.25, 0.3) is 0 Å². The van der Waals surface area contributed by atoms with Crippen molar-refractivity contribution in [2.75, 3.05) is 19.6 Å². The number of amides is 13. The van der Waals surface area contributed by atoms with Crippen molar-refractivity contribution in [2.45, 2.75) is 218 Å². The Bertz CT molecular complexity index is 3660. The lowest BCUT2D eigenvalue weighted by Gasteiger charge is -2.31. The number of phenols is 1. The van der Waals surface area contributed by atoms with E-state index in [1.807, 2.05) is 0 Å². The van der Waals surface area contributed by atoms with Crippen LogP contribution in [0.5, 0.6) is 5.75 Å². The summed E-state index contributed by atoms with van der Waals surface area (Å²) in [7, 11) is 0. The van der Waals surface area contributed by atoms with Gasteiger partial charge in [0, 0.05) is 25.8 Å². The third kappa shape index (κ3) is 31.2. The first kappa shape index (κ1) is 91.3. The first-order valence-electron chi connectivity index (χ1n) is 36.8. The number of benzene rings is 3. The smallest absolute Gasteiger partial charge is 0.326 e. The van der Waals surface area contributed by atoms with Crippen LogP contribution in [0.4, 0.5) is 0 Å². The van der Waals surface area contributed by atoms with Crippen molar-refractivity contribution in [1.29, 1.82) is 0 Å². The number of carboxylic acid groups (broad SMARTS) is 3. The number of nitrogens with one attached hydrogen (secondary N) is 11. The maximum atomic E-state index is 14.9. The van der Waals surface area contributed by atoms with Crippen molar-refractivity contribution in [1.82, 2.24) is 63.4 Å². The molecule has 0 saturated carbocycles. The van der Waals surface area contributed by atoms with Gasteiger partial charge in [-0.3, -0.25) is 71.9 Å². The second-order valence-electron chi connectivity index (χ2n) is 28.7. The average Bonchev–Trinajstić information content (AvgIpc) is 1.60. The SMILES string of the molecule is CC[C@H](C)[C@H](NC(=O)[C@H](Cc1ccccc1)NC(=O)[C@H](Cc1ccccc1)NC(=O)CNC(=O)[C@@H](N)CC(=O)O)C(=O)N[C@@H](CC(C)C)C(=O)N[C@@H](Cc1ccc(O)cc1)C(=O)N[C@@H](CCCCN)C(=O)N[C@@H](CC(N)=O)C(=O)N1CCC[C@H]1C(=O)N[C@@H](CC(=O)O)C(=O)N[C@H](C(=O)N[C@@H](CC(C)C)C(=O)O)C(C)C. The van der Waals surface area contributed by atoms with E-state index < -0.39 is 205 Å². The minimum absolute atomic E-state index is 0.0430. The van der Waals surface area contributed by atoms with E-state index in [0.29, 0.717) is 23.1 Å². The van der Waals surface area contributed by atoms with Gasteiger partial charge in [0.05, 0.1) is 31.8 Å². The molecule has 4 rings (SSSR count). The first-order chi connectivity index (χ1) is 51.9. The maximum absolute atomic E-state index is 14.9. The molecule has 3 aromatic carbocycles. The largest absolute Gasteiger partial charge is 0.508 e. The lowest BCUT2D eigenvalue weighted by Crippen LogP contribution is -2.62. The van der Waals surface area contributed by atoms with Gasteiger partial charge in [0.1, 0.15) is 72.2 Å². The highest BCUT2D eigenvalue weighted by atomic mass is 16.4. The van der Waals surface area contributed by atoms with Crippen LogP contribution in [0.2, 0.25) is 0 Å². The van der Waals surface area contributed by atoms with Gasteiger partial charge < -0.3 is 101 Å². The second kappa shape index (κ2) is 45.7. The Morgan fingerprint density at radius 1 is 0.482 bits per heavy atom. The summed E-state index contributed by atoms with van der Waals surface area (Å²) in [5.41, 5.74) is 18.7. The number of carbonyl (C=O) groups excluding carboxylic acids is 13. The van der Waals surface area contributed by atoms with Gasteiger partial charge in [0.15, 0.2) is 0 Å². The number of rotatable bonds is 47. The highest BCUT2D eigenvalue weighted by molar-refractivity contribution is 6.01. The van der Waals surface area contributed by atoms with Crippen molar-refractivity contribution in [3.63, 3.8) is 0 Å². The fourth-order valence-electron chi connectivity index (χ4n) is 12.1. The van der Waals surface area contributed by atoms with E-state index in [2.05, 4.69) is 58.5 Å². The zero-order valence-electron chi connectivity index (χ0n) is 63.3. The highest BCUT2D eigenvalue weighted by Gasteiger charge is 2.43. The number of aliphatic carboxylic acids is 3. The Hall–Kier alpha value is -11.1. The van der Waals surface area contributed by atoms with Gasteiger partial charge in [-0.15, -0.1) is 0 Å². The van der Waals surface area contributed by atoms with Crippen LogP contribution in [-0.4, -0.2) is 212 Å². The molecule has 0 unspecified atom stereocenters. The number of carbonyl (C=O) groups is 16. The highest BCUT2D eigenvalue weighted by Crippen LogP contribution is 2.22. The summed E-state index contributed by atoms with van der Waals surface area (Å²) in [6.45, 7) is 12.7. The summed E-state index contributed by atoms with van der Waals surface area (Å²) >= 11 is 0. The molecular formula is C75H109N15O20. The molecule has 1 aliphatic rings. The molecular weight excluding hydrogens is 1430 g/mol. The van der Waals surface area contributed by atoms with Gasteiger partial charge in [-0.1, -0.05) is 135 Å². The standard InChI is InChI=1S/C75H109N15O20/c1-9-43(8)63(89-69(103)53(34-45-21-14-11-15-22-45)83-67(101)51(33-44-19-12-10-13-20-44)80-59(93)39-79-64(98)48(77)36-60(94)95)73(107)85-50(31-40(2)3)66(100)82-52(35-46-25-27-47(91)28-26-46)68(102)81-49(23-16-17-29-76)65(99)86-55(37-58(78)92)74(108)90-30-18-24-57(90)71(105)84-54(38-61(96)97)70(104)88-62(42(6)7)72(106)87-56(75(109)110)32-41(4)5/h10-15,19-22,25-28,40-43,48-57,62-63,91H,9,16-18,23-24,29-39,76-77H2,1-8H3,(H2,78,92)(H,79,98)(H,80,93)(H,81,102)(H,82,100)(H,83,101)(H,84,105)(H,85,107)(H,86,99)(H,87,106)(H,88,104)(H,89,103)(H,94,95)(H,96,97)(H,109,110)/t43-,48-,49-,50-,51-,52-,53-,54-,55-,56-,57-,62-,63-/m0/s1. The molecule has 604 valence electrons. The summed E-state index contributed by atoms with van der Waals surface area (Å²) < 4.78 is 0. The normalized spacial score (nSPS) is 15.9. The molecule has 1 heterocycles. The Labute approximate surface area is 638 Å². The number of hydrogen-bond donors (Lipinski definition) is 18. The molecule has 0 bridgehead atoms. The molecule has 21 N–H and O–H groups in total. The number of likely N-dealkylation sites (tertiary alicyclic amines) is 1. The predicted octanol–water partition coefficient (Wildman–Crippen LogP) is -1.46. The molecule has 0 spiro atoms. The quantitative estimate of drug-likeness (QED) is 0.0287. The molecule has 1 fully saturated rings. The van der Waals surface area contributed by atoms with Crippen LogP contribution in [0, 0.1) is 23.7 Å². The van der Waals surface area contributed by atoms with Crippen molar-refractivity contribution < 1.29 is 97.1 Å². The third-order valence-corrected chi connectivity index (χ3v) is 18.2. The molecule has 13 amide bonds. The number of aromatic hydroxyl groups is 1. The summed E-state index contributed by atoms with van der Waals surface area (Å²) in [6.07, 6.45) is -2.45. The van der Waals surface area contributed by atoms with E-state index in [4.69, 9.17) is 22.3 Å². The van der Waals surface area contributed by atoms with Crippen molar-refractivity contribution >= 4 is 94.7 Å². The van der Waals surface area contributed by atoms with E-state index >= 15 is 0 Å². The lowest BCUT2D eigenvalue weighted by molar-refractivity contribution is -0.145. The molecule has 1 aliphatic heterocycles. The molecule has 0 aliphatic carbocycles. The zero-order valence-corrected chi connectivity index (χ0v) is 63.3. The van der Waals surface area contributed by atoms with E-state index in [0.717, 1.165) is 4.90 Å². The van der Waals surface area contributed by atoms with Gasteiger partial charge in [-0.05, 0) is 104 Å². The van der Waals surface area contributed by atoms with Crippen LogP contribution < -0.4 is 75.7 Å². The van der Waals surface area contributed by atoms with E-state index in [1.165, 1.54) is 38.1 Å². The molecule has 13 atom stereocenters. The van der Waals surface area contributed by atoms with Gasteiger partial charge in [-0.25, -0.2) is 4.79 Å². The van der Waals surface area contributed by atoms with Crippen LogP contribution in [-0.2, 0) is 96.0 Å². The average molecular weight is 1540 g/mol. The fraction of sp³-hybridized carbons (Fsp3) is 0.547. The summed E-state index contributed by atoms with van der Waals surface area (Å²) in [4.78, 5) is 220. The number of hydrogen-bond acceptors (Lipinski definition) is 19. The molecule has 110 heavy (non-hydrogen) atoms. The predicted molar refractivity (Wildman–Crippen MR) is 399 cm³/mol. The van der Waals surface area contributed by atoms with E-state index in [-0.39, 0.29) is 94.9 Å². The topological polar surface area (TPSA) is 568 Å². The fourth-order valence-corrected chi connectivity index (χ4v) is 12.1. The minimum atomic E-state index is -1.85. The van der Waals surface area contributed by atoms with Crippen LogP contribution in [0.15, 0.2) is 84.9 Å². The molecule has 35 heteroatoms. The van der Waals surface area contributed by atoms with E-state index in [9.17, 15) is 92.0 Å². The summed E-state index contributed by atoms with van der Waals surface area (Å²) in [6, 6.07) is 4.48. The first-order valence-corrected chi connectivity index (χ1v) is 36.8. The monoisotopic (exact) mass is 1540 g/mol. The second-order valence-corrected chi connectivity index (χ2v) is 28.7. The Balaban J connectivity index is 1.64. The van der Waals surface area contributed by atoms with Crippen molar-refractivity contribution in [2.24, 2.45) is 40.9 Å². The maximum Gasteiger partial charge on any atom is 0.326 e. The number of unbranched alkanes of at least 4 members (excludes halogenated alkanes) is 1. The number of carboxylic acids is 3. The number of nitrogens with two attached hydrogens (primary N) is 3. The molecule has 35 nitrogen and oxygen atoms in total. The number of nitrogens with zero attached hydrogens (tertiary/aromatic N) is 1. The Morgan fingerprint density at radius 3 is 1.43 bits per heavy atom. The van der Waals surface area contributed by atoms with Gasteiger partial charge >= 0.3 is 17.9 Å². The van der Waals surface area contributed by atoms with Crippen LogP contribution in [0.25, 0.3) is 0 Å². The van der Waals surface area contributed by atoms with Crippen molar-refractivity contribution in [3.05, 3.63) is 102 Å². The summed E-state index contributed by atoms with van der Waals surface area (Å²) in [5, 5.41) is 67.1. The zero-order chi connectivity index (χ0) is 82.1. The molecule has 0 aromatic heterocycles. The van der Waals surface area contributed by atoms with Gasteiger partial charge in [-0.2, -0.15) is 0 Å². The summed E-state index contributed by atoms with van der Waals surface area (Å²) in [5.74, 6) is -18.7. The van der Waals surface area contributed by atoms with E-state index in [1.54, 1.807) is 102 Å². The molecule has 0 radical (unpaired) electrons. The van der Waals surface area contributed by atoms with Crippen LogP contribution >= 0.6 is 0 Å². The van der Waals surface area contributed by atoms with Crippen molar-refractivity contribution in [3.8, 4) is 5.75 Å². The Morgan fingerprint density at radius 2 is 0.927 bits per heavy atom.